The first-order chi connectivity index (χ1) is 6.40. The second-order valence-electron chi connectivity index (χ2n) is 2.69. The number of nitrogens with zero attached hydrogens (tertiary/aromatic N) is 1. The van der Waals surface area contributed by atoms with Gasteiger partial charge in [-0.05, 0) is 13.1 Å². The van der Waals surface area contributed by atoms with Crippen molar-refractivity contribution in [2.24, 2.45) is 0 Å². The van der Waals surface area contributed by atoms with Gasteiger partial charge in [0.05, 0.1) is 17.5 Å². The number of hydrogen-bond donors (Lipinski definition) is 1. The zero-order chi connectivity index (χ0) is 9.10. The van der Waals surface area contributed by atoms with Crippen LogP contribution in [0, 0.1) is 0 Å². The van der Waals surface area contributed by atoms with Crippen LogP contribution in [-0.2, 0) is 6.54 Å². The topological polar surface area (TPSA) is 51.2 Å². The Labute approximate surface area is 75.6 Å². The first-order valence-corrected chi connectivity index (χ1v) is 4.01. The van der Waals surface area contributed by atoms with E-state index in [4.69, 9.17) is 8.83 Å². The highest BCUT2D eigenvalue weighted by atomic mass is 16.3. The van der Waals surface area contributed by atoms with Gasteiger partial charge in [-0.25, -0.2) is 4.98 Å². The fourth-order valence-corrected chi connectivity index (χ4v) is 1.09. The van der Waals surface area contributed by atoms with Crippen molar-refractivity contribution in [3.63, 3.8) is 0 Å². The highest BCUT2D eigenvalue weighted by molar-refractivity contribution is 5.50. The molecule has 0 unspecified atom stereocenters. The minimum atomic E-state index is 0.596. The summed E-state index contributed by atoms with van der Waals surface area (Å²) >= 11 is 0. The van der Waals surface area contributed by atoms with Crippen LogP contribution in [0.25, 0.3) is 11.5 Å². The van der Waals surface area contributed by atoms with Gasteiger partial charge in [0.1, 0.15) is 12.5 Å². The van der Waals surface area contributed by atoms with Gasteiger partial charge in [-0.1, -0.05) is 0 Å². The summed E-state index contributed by atoms with van der Waals surface area (Å²) in [4.78, 5) is 4.25. The quantitative estimate of drug-likeness (QED) is 0.776. The lowest BCUT2D eigenvalue weighted by molar-refractivity contribution is 0.556. The normalized spacial score (nSPS) is 10.5. The second-order valence-corrected chi connectivity index (χ2v) is 2.69. The minimum Gasteiger partial charge on any atom is -0.472 e. The molecule has 0 saturated carbocycles. The molecule has 0 aromatic carbocycles. The Bertz CT molecular complexity index is 365. The summed E-state index contributed by atoms with van der Waals surface area (Å²) < 4.78 is 10.2. The molecule has 2 rings (SSSR count). The van der Waals surface area contributed by atoms with E-state index in [0.29, 0.717) is 12.4 Å². The van der Waals surface area contributed by atoms with Gasteiger partial charge in [0.15, 0.2) is 0 Å². The van der Waals surface area contributed by atoms with Crippen LogP contribution in [0.3, 0.4) is 0 Å². The van der Waals surface area contributed by atoms with E-state index in [1.807, 2.05) is 13.1 Å². The monoisotopic (exact) mass is 178 g/mol. The highest BCUT2D eigenvalue weighted by Gasteiger charge is 2.06. The maximum absolute atomic E-state index is 5.25. The van der Waals surface area contributed by atoms with Crippen LogP contribution < -0.4 is 5.32 Å². The van der Waals surface area contributed by atoms with Crippen LogP contribution in [0.1, 0.15) is 5.69 Å². The maximum Gasteiger partial charge on any atom is 0.229 e. The molecule has 4 nitrogen and oxygen atoms in total. The smallest absolute Gasteiger partial charge is 0.229 e. The number of furan rings is 1. The molecule has 68 valence electrons. The zero-order valence-electron chi connectivity index (χ0n) is 7.28. The van der Waals surface area contributed by atoms with Crippen molar-refractivity contribution in [2.45, 2.75) is 6.54 Å². The van der Waals surface area contributed by atoms with E-state index >= 15 is 0 Å². The average molecular weight is 178 g/mol. The van der Waals surface area contributed by atoms with Crippen molar-refractivity contribution in [3.8, 4) is 11.5 Å². The molecule has 0 aliphatic carbocycles. The second kappa shape index (κ2) is 3.45. The number of aromatic nitrogens is 1. The van der Waals surface area contributed by atoms with Crippen molar-refractivity contribution < 1.29 is 8.83 Å². The lowest BCUT2D eigenvalue weighted by atomic mass is 10.3. The third-order valence-corrected chi connectivity index (χ3v) is 1.68. The summed E-state index contributed by atoms with van der Waals surface area (Å²) in [6.07, 6.45) is 4.84. The highest BCUT2D eigenvalue weighted by Crippen LogP contribution is 2.18. The predicted octanol–water partition coefficient (Wildman–Crippen LogP) is 1.65. The summed E-state index contributed by atoms with van der Waals surface area (Å²) in [6, 6.07) is 1.81. The van der Waals surface area contributed by atoms with Gasteiger partial charge in [-0.3, -0.25) is 0 Å². The van der Waals surface area contributed by atoms with E-state index in [9.17, 15) is 0 Å². The lowest BCUT2D eigenvalue weighted by Crippen LogP contribution is -2.04. The van der Waals surface area contributed by atoms with Crippen LogP contribution in [0.2, 0.25) is 0 Å². The molecule has 0 fully saturated rings. The van der Waals surface area contributed by atoms with Gasteiger partial charge in [-0.15, -0.1) is 0 Å². The van der Waals surface area contributed by atoms with Crippen molar-refractivity contribution in [3.05, 3.63) is 30.5 Å². The van der Waals surface area contributed by atoms with Crippen LogP contribution in [0.5, 0.6) is 0 Å². The van der Waals surface area contributed by atoms with E-state index in [1.165, 1.54) is 0 Å². The molecular formula is C9H10N2O2. The summed E-state index contributed by atoms with van der Waals surface area (Å²) in [5.74, 6) is 0.596. The van der Waals surface area contributed by atoms with E-state index in [2.05, 4.69) is 10.3 Å². The SMILES string of the molecule is CNCc1coc(-c2ccoc2)n1. The standard InChI is InChI=1S/C9H10N2O2/c1-10-4-8-6-13-9(11-8)7-2-3-12-5-7/h2-3,5-6,10H,4H2,1H3. The molecule has 0 saturated heterocycles. The molecule has 2 heterocycles. The maximum atomic E-state index is 5.25. The molecule has 0 atom stereocenters. The predicted molar refractivity (Wildman–Crippen MR) is 47.0 cm³/mol. The van der Waals surface area contributed by atoms with Crippen LogP contribution in [0.15, 0.2) is 33.7 Å². The van der Waals surface area contributed by atoms with Gasteiger partial charge in [0.25, 0.3) is 0 Å². The van der Waals surface area contributed by atoms with Crippen LogP contribution >= 0.6 is 0 Å². The van der Waals surface area contributed by atoms with Crippen molar-refractivity contribution in [1.29, 1.82) is 0 Å². The molecule has 2 aromatic heterocycles. The fraction of sp³-hybridized carbons (Fsp3) is 0.222. The molecule has 4 heteroatoms. The van der Waals surface area contributed by atoms with E-state index < -0.39 is 0 Å². The molecule has 0 amide bonds. The Morgan fingerprint density at radius 2 is 2.38 bits per heavy atom. The minimum absolute atomic E-state index is 0.596. The van der Waals surface area contributed by atoms with Gasteiger partial charge >= 0.3 is 0 Å². The molecule has 0 bridgehead atoms. The zero-order valence-corrected chi connectivity index (χ0v) is 7.28. The number of hydrogen-bond acceptors (Lipinski definition) is 4. The molecule has 0 radical (unpaired) electrons. The van der Waals surface area contributed by atoms with E-state index in [-0.39, 0.29) is 0 Å². The van der Waals surface area contributed by atoms with Crippen LogP contribution in [0.4, 0.5) is 0 Å². The lowest BCUT2D eigenvalue weighted by Gasteiger charge is -1.88. The number of nitrogens with one attached hydrogen (secondary N) is 1. The molecule has 0 aliphatic rings. The molecule has 0 aliphatic heterocycles. The Morgan fingerprint density at radius 3 is 3.08 bits per heavy atom. The summed E-state index contributed by atoms with van der Waals surface area (Å²) in [5.41, 5.74) is 1.75. The molecule has 0 spiro atoms. The Hall–Kier alpha value is -1.55. The third kappa shape index (κ3) is 1.62. The Kier molecular flexibility index (Phi) is 2.14. The fourth-order valence-electron chi connectivity index (χ4n) is 1.09. The van der Waals surface area contributed by atoms with Gasteiger partial charge in [-0.2, -0.15) is 0 Å². The molecule has 2 aromatic rings. The Morgan fingerprint density at radius 1 is 1.46 bits per heavy atom. The van der Waals surface area contributed by atoms with Gasteiger partial charge in [0, 0.05) is 6.54 Å². The molecule has 1 N–H and O–H groups in total. The van der Waals surface area contributed by atoms with E-state index in [1.54, 1.807) is 18.8 Å². The first-order valence-electron chi connectivity index (χ1n) is 4.01. The summed E-state index contributed by atoms with van der Waals surface area (Å²) in [7, 11) is 1.87. The van der Waals surface area contributed by atoms with Crippen LogP contribution in [-0.4, -0.2) is 12.0 Å². The van der Waals surface area contributed by atoms with Crippen molar-refractivity contribution in [1.82, 2.24) is 10.3 Å². The van der Waals surface area contributed by atoms with Gasteiger partial charge < -0.3 is 14.2 Å². The number of rotatable bonds is 3. The first kappa shape index (κ1) is 8.07. The number of oxazole rings is 1. The van der Waals surface area contributed by atoms with Crippen molar-refractivity contribution >= 4 is 0 Å². The molecular weight excluding hydrogens is 168 g/mol. The van der Waals surface area contributed by atoms with E-state index in [0.717, 1.165) is 11.3 Å². The third-order valence-electron chi connectivity index (χ3n) is 1.68. The van der Waals surface area contributed by atoms with Crippen molar-refractivity contribution in [2.75, 3.05) is 7.05 Å². The van der Waals surface area contributed by atoms with Gasteiger partial charge in [0.2, 0.25) is 5.89 Å². The summed E-state index contributed by atoms with van der Waals surface area (Å²) in [6.45, 7) is 0.710. The largest absolute Gasteiger partial charge is 0.472 e. The average Bonchev–Trinajstić information content (AvgIpc) is 2.70. The Balaban J connectivity index is 2.23. The molecule has 13 heavy (non-hydrogen) atoms. The summed E-state index contributed by atoms with van der Waals surface area (Å²) in [5, 5.41) is 3.00.